The number of piperidine rings is 1. The molecule has 0 radical (unpaired) electrons. The molecule has 0 saturated carbocycles. The van der Waals surface area contributed by atoms with E-state index >= 15 is 0 Å². The molecule has 0 aromatic carbocycles. The molecule has 0 spiro atoms. The van der Waals surface area contributed by atoms with Gasteiger partial charge >= 0.3 is 6.18 Å². The van der Waals surface area contributed by atoms with Gasteiger partial charge in [-0.2, -0.15) is 18.3 Å². The van der Waals surface area contributed by atoms with Crippen LogP contribution in [-0.4, -0.2) is 43.8 Å². The number of amides is 1. The lowest BCUT2D eigenvalue weighted by molar-refractivity contribution is -0.136. The lowest BCUT2D eigenvalue weighted by atomic mass is 9.91. The van der Waals surface area contributed by atoms with E-state index in [1.54, 1.807) is 30.5 Å². The second-order valence-electron chi connectivity index (χ2n) is 7.62. The van der Waals surface area contributed by atoms with Crippen LogP contribution in [0.15, 0.2) is 16.8 Å². The molecule has 1 aliphatic heterocycles. The summed E-state index contributed by atoms with van der Waals surface area (Å²) >= 11 is 0. The highest BCUT2D eigenvalue weighted by Crippen LogP contribution is 2.40. The van der Waals surface area contributed by atoms with Gasteiger partial charge in [0, 0.05) is 37.4 Å². The summed E-state index contributed by atoms with van der Waals surface area (Å²) < 4.78 is 48.1. The summed E-state index contributed by atoms with van der Waals surface area (Å²) in [5.74, 6) is -0.545. The normalized spacial score (nSPS) is 17.7. The van der Waals surface area contributed by atoms with Crippen LogP contribution in [0.1, 0.15) is 58.7 Å². The molecule has 4 heterocycles. The quantitative estimate of drug-likeness (QED) is 0.642. The van der Waals surface area contributed by atoms with Gasteiger partial charge in [-0.05, 0) is 32.3 Å². The number of rotatable bonds is 3. The molecule has 0 N–H and O–H groups in total. The topological polar surface area (TPSA) is 77.0 Å². The van der Waals surface area contributed by atoms with Crippen LogP contribution in [-0.2, 0) is 19.6 Å². The summed E-state index contributed by atoms with van der Waals surface area (Å²) in [6.07, 6.45) is -1.41. The van der Waals surface area contributed by atoms with E-state index in [4.69, 9.17) is 4.52 Å². The highest BCUT2D eigenvalue weighted by atomic mass is 19.4. The van der Waals surface area contributed by atoms with E-state index in [0.717, 1.165) is 11.8 Å². The average Bonchev–Trinajstić information content (AvgIpc) is 3.29. The molecule has 10 heteroatoms. The molecule has 0 aliphatic carbocycles. The highest BCUT2D eigenvalue weighted by Gasteiger charge is 2.38. The predicted molar refractivity (Wildman–Crippen MR) is 102 cm³/mol. The van der Waals surface area contributed by atoms with Crippen molar-refractivity contribution in [2.45, 2.75) is 45.2 Å². The van der Waals surface area contributed by atoms with E-state index in [9.17, 15) is 18.0 Å². The van der Waals surface area contributed by atoms with E-state index < -0.39 is 11.7 Å². The maximum absolute atomic E-state index is 13.8. The minimum absolute atomic E-state index is 0.100. The molecule has 1 saturated heterocycles. The summed E-state index contributed by atoms with van der Waals surface area (Å²) in [5, 5.41) is 7.97. The first-order chi connectivity index (χ1) is 14.2. The molecular formula is C20H22F3N5O2. The summed E-state index contributed by atoms with van der Waals surface area (Å²) in [7, 11) is 1.75. The molecule has 0 bridgehead atoms. The van der Waals surface area contributed by atoms with Crippen molar-refractivity contribution in [1.82, 2.24) is 24.8 Å². The number of fused-ring (bicyclic) bond motifs is 1. The van der Waals surface area contributed by atoms with E-state index in [1.807, 2.05) is 0 Å². The largest absolute Gasteiger partial charge is 0.417 e. The second kappa shape index (κ2) is 7.41. The van der Waals surface area contributed by atoms with Crippen molar-refractivity contribution in [2.75, 3.05) is 13.1 Å². The molecule has 1 aliphatic rings. The first-order valence-electron chi connectivity index (χ1n) is 9.85. The Bertz CT molecular complexity index is 1100. The molecule has 1 fully saturated rings. The van der Waals surface area contributed by atoms with Crippen LogP contribution in [0.4, 0.5) is 13.2 Å². The lowest BCUT2D eigenvalue weighted by Gasteiger charge is -2.32. The first-order valence-corrected chi connectivity index (χ1v) is 9.85. The zero-order valence-electron chi connectivity index (χ0n) is 17.0. The number of aryl methyl sites for hydroxylation is 2. The van der Waals surface area contributed by atoms with Gasteiger partial charge < -0.3 is 9.42 Å². The standard InChI is InChI=1S/C20H22F3N5O2/c1-4-13-8-15(20(21,22)23)16-17(26-30-18(16)25-13)12-6-5-7-28(10-12)19(29)14-9-24-27(3)11(14)2/h8-9,12H,4-7,10H2,1-3H3/t12-/m0/s1. The number of alkyl halides is 3. The number of aromatic nitrogens is 4. The Morgan fingerprint density at radius 3 is 2.77 bits per heavy atom. The van der Waals surface area contributed by atoms with Crippen molar-refractivity contribution >= 4 is 17.0 Å². The van der Waals surface area contributed by atoms with Gasteiger partial charge in [0.1, 0.15) is 0 Å². The summed E-state index contributed by atoms with van der Waals surface area (Å²) in [6.45, 7) is 4.33. The number of halogens is 3. The molecule has 7 nitrogen and oxygen atoms in total. The third-order valence-corrected chi connectivity index (χ3v) is 5.75. The van der Waals surface area contributed by atoms with Crippen molar-refractivity contribution in [1.29, 1.82) is 0 Å². The molecule has 1 atom stereocenters. The van der Waals surface area contributed by atoms with Gasteiger partial charge in [0.15, 0.2) is 0 Å². The molecule has 4 rings (SSSR count). The van der Waals surface area contributed by atoms with Crippen LogP contribution in [0.25, 0.3) is 11.1 Å². The summed E-state index contributed by atoms with van der Waals surface area (Å²) in [5.41, 5.74) is 0.853. The van der Waals surface area contributed by atoms with E-state index in [2.05, 4.69) is 15.2 Å². The van der Waals surface area contributed by atoms with Gasteiger partial charge in [-0.15, -0.1) is 0 Å². The predicted octanol–water partition coefficient (Wildman–Crippen LogP) is 3.87. The minimum Gasteiger partial charge on any atom is -0.338 e. The van der Waals surface area contributed by atoms with Crippen molar-refractivity contribution in [2.24, 2.45) is 7.05 Å². The first kappa shape index (κ1) is 20.4. The van der Waals surface area contributed by atoms with Crippen molar-refractivity contribution in [3.8, 4) is 0 Å². The van der Waals surface area contributed by atoms with Crippen LogP contribution < -0.4 is 0 Å². The smallest absolute Gasteiger partial charge is 0.338 e. The minimum atomic E-state index is -4.55. The van der Waals surface area contributed by atoms with Crippen LogP contribution in [0.2, 0.25) is 0 Å². The number of carbonyl (C=O) groups excluding carboxylic acids is 1. The fourth-order valence-corrected chi connectivity index (χ4v) is 3.97. The molecule has 3 aromatic rings. The zero-order chi connectivity index (χ0) is 21.6. The van der Waals surface area contributed by atoms with Gasteiger partial charge in [0.05, 0.1) is 28.4 Å². The summed E-state index contributed by atoms with van der Waals surface area (Å²) in [6, 6.07) is 1.06. The highest BCUT2D eigenvalue weighted by molar-refractivity contribution is 5.95. The number of nitrogens with zero attached hydrogens (tertiary/aromatic N) is 5. The SMILES string of the molecule is CCc1cc(C(F)(F)F)c2c([C@H]3CCCN(C(=O)c4cnn(C)c4C)C3)noc2n1. The van der Waals surface area contributed by atoms with Crippen LogP contribution >= 0.6 is 0 Å². The van der Waals surface area contributed by atoms with E-state index in [-0.39, 0.29) is 35.2 Å². The van der Waals surface area contributed by atoms with Gasteiger partial charge in [-0.3, -0.25) is 9.48 Å². The van der Waals surface area contributed by atoms with Gasteiger partial charge in [-0.1, -0.05) is 12.1 Å². The Morgan fingerprint density at radius 1 is 1.37 bits per heavy atom. The Kier molecular flexibility index (Phi) is 5.03. The fourth-order valence-electron chi connectivity index (χ4n) is 3.97. The molecule has 1 amide bonds. The van der Waals surface area contributed by atoms with Crippen molar-refractivity contribution < 1.29 is 22.5 Å². The molecule has 160 valence electrons. The number of hydrogen-bond acceptors (Lipinski definition) is 5. The molecule has 0 unspecified atom stereocenters. The number of pyridine rings is 1. The summed E-state index contributed by atoms with van der Waals surface area (Å²) in [4.78, 5) is 18.8. The van der Waals surface area contributed by atoms with Crippen LogP contribution in [0.3, 0.4) is 0 Å². The van der Waals surface area contributed by atoms with Gasteiger partial charge in [0.25, 0.3) is 11.6 Å². The number of carbonyl (C=O) groups is 1. The number of hydrogen-bond donors (Lipinski definition) is 0. The fraction of sp³-hybridized carbons (Fsp3) is 0.500. The van der Waals surface area contributed by atoms with Gasteiger partial charge in [0.2, 0.25) is 0 Å². The average molecular weight is 421 g/mol. The van der Waals surface area contributed by atoms with Gasteiger partial charge in [-0.25, -0.2) is 4.98 Å². The Morgan fingerprint density at radius 2 is 2.13 bits per heavy atom. The molecular weight excluding hydrogens is 399 g/mol. The van der Waals surface area contributed by atoms with Crippen LogP contribution in [0, 0.1) is 6.92 Å². The maximum atomic E-state index is 13.8. The molecule has 30 heavy (non-hydrogen) atoms. The Labute approximate surface area is 170 Å². The van der Waals surface area contributed by atoms with E-state index in [0.29, 0.717) is 37.1 Å². The third-order valence-electron chi connectivity index (χ3n) is 5.75. The maximum Gasteiger partial charge on any atom is 0.417 e. The Hall–Kier alpha value is -2.91. The third kappa shape index (κ3) is 3.44. The lowest BCUT2D eigenvalue weighted by Crippen LogP contribution is -2.39. The molecule has 3 aromatic heterocycles. The van der Waals surface area contributed by atoms with Crippen molar-refractivity contribution in [3.05, 3.63) is 40.5 Å². The number of likely N-dealkylation sites (tertiary alicyclic amines) is 1. The monoisotopic (exact) mass is 421 g/mol. The van der Waals surface area contributed by atoms with Crippen molar-refractivity contribution in [3.63, 3.8) is 0 Å². The second-order valence-corrected chi connectivity index (χ2v) is 7.62. The zero-order valence-corrected chi connectivity index (χ0v) is 17.0. The Balaban J connectivity index is 1.70. The van der Waals surface area contributed by atoms with E-state index in [1.165, 1.54) is 6.20 Å². The van der Waals surface area contributed by atoms with Crippen LogP contribution in [0.5, 0.6) is 0 Å².